The summed E-state index contributed by atoms with van der Waals surface area (Å²) in [4.78, 5) is 42.4. The Morgan fingerprint density at radius 2 is 0.817 bits per heavy atom. The van der Waals surface area contributed by atoms with Crippen molar-refractivity contribution in [1.82, 2.24) is 0 Å². The third-order valence-corrected chi connectivity index (χ3v) is 19.2. The van der Waals surface area contributed by atoms with Gasteiger partial charge >= 0.3 is 17.9 Å². The van der Waals surface area contributed by atoms with Crippen LogP contribution in [0.3, 0.4) is 0 Å². The summed E-state index contributed by atoms with van der Waals surface area (Å²) in [5, 5.41) is 12.9. The number of unbranched alkanes of at least 4 members (excludes halogenated alkanes) is 12. The molecule has 0 aromatic heterocycles. The van der Waals surface area contributed by atoms with Crippen LogP contribution in [0, 0.1) is 0 Å². The van der Waals surface area contributed by atoms with Crippen LogP contribution in [0.4, 0.5) is 0 Å². The van der Waals surface area contributed by atoms with E-state index < -0.39 is 73.4 Å². The average molecular weight is 1480 g/mol. The van der Waals surface area contributed by atoms with E-state index in [0.29, 0.717) is 24.3 Å². The van der Waals surface area contributed by atoms with Crippen LogP contribution >= 0.6 is 0 Å². The molecule has 0 amide bonds. The van der Waals surface area contributed by atoms with Crippen molar-refractivity contribution in [2.24, 2.45) is 0 Å². The molecule has 0 radical (unpaired) electrons. The lowest BCUT2D eigenvalue weighted by atomic mass is 9.98. The Hall–Kier alpha value is -9.17. The van der Waals surface area contributed by atoms with E-state index in [0.717, 1.165) is 108 Å². The van der Waals surface area contributed by atoms with Crippen molar-refractivity contribution in [3.63, 3.8) is 0 Å². The largest absolute Gasteiger partial charge is 0.488 e. The molecule has 0 spiro atoms. The predicted molar refractivity (Wildman–Crippen MR) is 419 cm³/mol. The Morgan fingerprint density at radius 3 is 1.29 bits per heavy atom. The summed E-state index contributed by atoms with van der Waals surface area (Å²) in [6.45, 7) is 3.99. The average Bonchev–Trinajstić information content (AvgIpc) is 0.786. The number of hydrogen-bond acceptors (Lipinski definition) is 16. The number of carbonyl (C=O) groups is 3. The van der Waals surface area contributed by atoms with Crippen molar-refractivity contribution < 1.29 is 76.3 Å². The Kier molecular flexibility index (Phi) is 35.5. The first-order valence-corrected chi connectivity index (χ1v) is 38.9. The smallest absolute Gasteiger partial charge is 0.350 e. The number of esters is 3. The summed E-state index contributed by atoms with van der Waals surface area (Å²) < 4.78 is 79.3. The van der Waals surface area contributed by atoms with Crippen LogP contribution in [0.2, 0.25) is 0 Å². The lowest BCUT2D eigenvalue weighted by Crippen LogP contribution is -2.63. The summed E-state index contributed by atoms with van der Waals surface area (Å²) >= 11 is 0. The standard InChI is InChI=1S/C93H108O16/c1-70(41-22-12-10-8-6-4-3-5-7-9-11-13-39-58-80-59-40-60-81(99-62-73-44-25-15-26-45-73)83(80)90(96)104-67-78-54-35-20-36-55-78)106-91(97)88(107-71(2)94)87(102-65-76-50-31-18-32-51-76)89(103-66-77-52-33-19-34-53-77)93(105-68-79-56-37-21-38-57-79)109-92-84(95)86(101-64-75-48-29-17-30-49-75)85(100-63-74-46-27-16-28-47-74)82(108-92)69-98-61-72-42-23-14-24-43-72/h14-21,23-38,40,42-57,59-60,70,82,84-89,92-93,95H,3-13,22,39,41,58,61-69H2,1-2H3/t70-,82-,84-,85-,86-,87-,88+,89+,92+,93-/m1/s1. The molecule has 10 atom stereocenters. The van der Waals surface area contributed by atoms with Crippen LogP contribution in [0.5, 0.6) is 5.75 Å². The van der Waals surface area contributed by atoms with E-state index in [1.165, 1.54) is 39.0 Å². The summed E-state index contributed by atoms with van der Waals surface area (Å²) in [5.74, 6) is -1.42. The van der Waals surface area contributed by atoms with Crippen LogP contribution < -0.4 is 4.74 Å². The molecular formula is C93H108O16. The van der Waals surface area contributed by atoms with Gasteiger partial charge in [-0.05, 0) is 88.7 Å². The maximum Gasteiger partial charge on any atom is 0.350 e. The summed E-state index contributed by atoms with van der Waals surface area (Å²) in [6.07, 6.45) is 2.87. The Bertz CT molecular complexity index is 3950. The normalized spacial score (nSPS) is 17.0. The SMILES string of the molecule is CC(=O)O[C@H](C(=O)O[C@H](C)CCCCCCCCCCCCCCCc1cccc(OCc2ccccc2)c1C(=O)OCc1ccccc1)[C@@H](OCc1ccccc1)[C@H](OCc1ccccc1)[C@H](OCc1ccccc1)O[C@@H]1O[C@H](COCc2ccccc2)[C@@H](OCc2ccccc2)[C@H](OCc2ccccc2)[C@H]1O. The Labute approximate surface area is 644 Å². The van der Waals surface area contributed by atoms with Crippen LogP contribution in [-0.4, -0.2) is 91.0 Å². The minimum atomic E-state index is -1.72. The van der Waals surface area contributed by atoms with Crippen molar-refractivity contribution in [3.8, 4) is 5.75 Å². The monoisotopic (exact) mass is 1480 g/mol. The van der Waals surface area contributed by atoms with Gasteiger partial charge in [0.15, 0.2) is 12.6 Å². The zero-order valence-corrected chi connectivity index (χ0v) is 63.1. The second-order valence-electron chi connectivity index (χ2n) is 27.9. The van der Waals surface area contributed by atoms with Crippen molar-refractivity contribution >= 4 is 17.9 Å². The molecule has 0 aliphatic carbocycles. The molecule has 16 nitrogen and oxygen atoms in total. The molecule has 576 valence electrons. The topological polar surface area (TPSA) is 182 Å². The number of benzene rings is 9. The number of carbonyl (C=O) groups excluding carboxylic acids is 3. The van der Waals surface area contributed by atoms with Gasteiger partial charge in [0.25, 0.3) is 0 Å². The fraction of sp³-hybridized carbons (Fsp3) is 0.387. The maximum atomic E-state index is 15.1. The first-order valence-electron chi connectivity index (χ1n) is 38.9. The number of aliphatic hydroxyl groups excluding tert-OH is 1. The van der Waals surface area contributed by atoms with Crippen LogP contribution in [0.1, 0.15) is 164 Å². The van der Waals surface area contributed by atoms with Gasteiger partial charge in [-0.25, -0.2) is 9.59 Å². The van der Waals surface area contributed by atoms with Crippen molar-refractivity contribution in [1.29, 1.82) is 0 Å². The predicted octanol–water partition coefficient (Wildman–Crippen LogP) is 18.7. The summed E-state index contributed by atoms with van der Waals surface area (Å²) in [5.41, 5.74) is 8.42. The highest BCUT2D eigenvalue weighted by Gasteiger charge is 2.51. The maximum absolute atomic E-state index is 15.1. The minimum absolute atomic E-state index is 0.00590. The highest BCUT2D eigenvalue weighted by Crippen LogP contribution is 2.34. The van der Waals surface area contributed by atoms with Gasteiger partial charge in [0.1, 0.15) is 61.2 Å². The van der Waals surface area contributed by atoms with Gasteiger partial charge in [-0.3, -0.25) is 4.79 Å². The van der Waals surface area contributed by atoms with Crippen molar-refractivity contribution in [2.75, 3.05) is 6.61 Å². The molecule has 0 unspecified atom stereocenters. The first-order chi connectivity index (χ1) is 53.6. The fourth-order valence-electron chi connectivity index (χ4n) is 13.4. The molecular weight excluding hydrogens is 1370 g/mol. The van der Waals surface area contributed by atoms with Gasteiger partial charge in [-0.2, -0.15) is 0 Å². The highest BCUT2D eigenvalue weighted by atomic mass is 16.8. The molecule has 1 fully saturated rings. The number of rotatable bonds is 49. The fourth-order valence-corrected chi connectivity index (χ4v) is 13.4. The van der Waals surface area contributed by atoms with Crippen molar-refractivity contribution in [3.05, 3.63) is 316 Å². The van der Waals surface area contributed by atoms with E-state index in [9.17, 15) is 14.7 Å². The van der Waals surface area contributed by atoms with E-state index in [1.54, 1.807) is 0 Å². The highest BCUT2D eigenvalue weighted by molar-refractivity contribution is 5.94. The van der Waals surface area contributed by atoms with Gasteiger partial charge in [0.2, 0.25) is 6.10 Å². The lowest BCUT2D eigenvalue weighted by Gasteiger charge is -2.46. The molecule has 1 heterocycles. The van der Waals surface area contributed by atoms with Gasteiger partial charge in [-0.15, -0.1) is 0 Å². The quantitative estimate of drug-likeness (QED) is 0.0164. The summed E-state index contributed by atoms with van der Waals surface area (Å²) in [7, 11) is 0. The van der Waals surface area contributed by atoms with Crippen LogP contribution in [0.25, 0.3) is 0 Å². The zero-order valence-electron chi connectivity index (χ0n) is 63.1. The first kappa shape index (κ1) is 82.3. The third kappa shape index (κ3) is 28.7. The van der Waals surface area contributed by atoms with Crippen molar-refractivity contribution in [2.45, 2.75) is 224 Å². The number of hydrogen-bond donors (Lipinski definition) is 1. The van der Waals surface area contributed by atoms with Gasteiger partial charge in [-0.1, -0.05) is 325 Å². The number of aryl methyl sites for hydroxylation is 1. The van der Waals surface area contributed by atoms with E-state index >= 15 is 4.79 Å². The molecule has 0 saturated carbocycles. The Balaban J connectivity index is 0.771. The minimum Gasteiger partial charge on any atom is -0.488 e. The van der Waals surface area contributed by atoms with Gasteiger partial charge in [0, 0.05) is 6.92 Å². The van der Waals surface area contributed by atoms with E-state index in [2.05, 4.69) is 0 Å². The molecule has 9 aromatic carbocycles. The molecule has 1 N–H and O–H groups in total. The lowest BCUT2D eigenvalue weighted by molar-refractivity contribution is -0.367. The molecule has 1 saturated heterocycles. The third-order valence-electron chi connectivity index (χ3n) is 19.2. The number of aliphatic hydroxyl groups is 1. The molecule has 0 bridgehead atoms. The molecule has 109 heavy (non-hydrogen) atoms. The van der Waals surface area contributed by atoms with Crippen LogP contribution in [-0.2, 0) is 121 Å². The van der Waals surface area contributed by atoms with E-state index in [-0.39, 0.29) is 58.8 Å². The van der Waals surface area contributed by atoms with Gasteiger partial charge in [0.05, 0.1) is 52.4 Å². The zero-order chi connectivity index (χ0) is 75.7. The van der Waals surface area contributed by atoms with E-state index in [1.807, 2.05) is 268 Å². The number of ether oxygens (including phenoxy) is 12. The second-order valence-corrected chi connectivity index (χ2v) is 27.9. The second kappa shape index (κ2) is 47.0. The summed E-state index contributed by atoms with van der Waals surface area (Å²) in [6, 6.07) is 83.1. The molecule has 1 aliphatic heterocycles. The van der Waals surface area contributed by atoms with Crippen LogP contribution in [0.15, 0.2) is 261 Å². The van der Waals surface area contributed by atoms with E-state index in [4.69, 9.17) is 56.8 Å². The van der Waals surface area contributed by atoms with Gasteiger partial charge < -0.3 is 61.9 Å². The Morgan fingerprint density at radius 1 is 0.413 bits per heavy atom. The molecule has 10 rings (SSSR count). The molecule has 1 aliphatic rings. The molecule has 9 aromatic rings. The molecule has 16 heteroatoms.